The molecular formula is C35H49ClN4O6. The first-order valence-corrected chi connectivity index (χ1v) is 15.3. The first-order valence-electron chi connectivity index (χ1n) is 15.3. The van der Waals surface area contributed by atoms with Gasteiger partial charge in [0, 0.05) is 30.3 Å². The number of hydrogen-bond acceptors (Lipinski definition) is 7. The van der Waals surface area contributed by atoms with E-state index in [0.717, 1.165) is 11.1 Å². The fourth-order valence-electron chi connectivity index (χ4n) is 4.81. The van der Waals surface area contributed by atoms with Crippen molar-refractivity contribution in [2.45, 2.75) is 92.8 Å². The summed E-state index contributed by atoms with van der Waals surface area (Å²) < 4.78 is 5.32. The van der Waals surface area contributed by atoms with E-state index in [0.29, 0.717) is 11.1 Å². The second-order valence-corrected chi connectivity index (χ2v) is 14.8. The smallest absolute Gasteiger partial charge is 0.407 e. The van der Waals surface area contributed by atoms with Gasteiger partial charge in [-0.25, -0.2) is 4.79 Å². The number of carbonyl (C=O) groups is 5. The normalized spacial score (nSPS) is 16.3. The Hall–Kier alpha value is -3.76. The number of halogens is 1. The van der Waals surface area contributed by atoms with E-state index < -0.39 is 17.7 Å². The van der Waals surface area contributed by atoms with Gasteiger partial charge in [0.1, 0.15) is 5.60 Å². The lowest BCUT2D eigenvalue weighted by atomic mass is 9.85. The Morgan fingerprint density at radius 1 is 0.739 bits per heavy atom. The quantitative estimate of drug-likeness (QED) is 0.424. The number of amides is 5. The molecule has 11 heteroatoms. The van der Waals surface area contributed by atoms with Crippen LogP contribution in [0.2, 0.25) is 0 Å². The van der Waals surface area contributed by atoms with E-state index in [1.807, 2.05) is 65.8 Å². The van der Waals surface area contributed by atoms with Crippen molar-refractivity contribution in [1.82, 2.24) is 15.1 Å². The summed E-state index contributed by atoms with van der Waals surface area (Å²) in [5.41, 5.74) is 7.65. The van der Waals surface area contributed by atoms with Crippen molar-refractivity contribution in [3.63, 3.8) is 0 Å². The first-order chi connectivity index (χ1) is 20.7. The van der Waals surface area contributed by atoms with Crippen LogP contribution >= 0.6 is 12.4 Å². The molecule has 2 aliphatic heterocycles. The predicted molar refractivity (Wildman–Crippen MR) is 180 cm³/mol. The van der Waals surface area contributed by atoms with Gasteiger partial charge in [-0.3, -0.25) is 29.0 Å². The highest BCUT2D eigenvalue weighted by Gasteiger charge is 2.37. The standard InChI is InChI=1S/C20H28N2O4.C15H20N2O2.ClH/c1-19(2,3)15(21-18(25)26-20(4,5)6)12-22-16(23)11-13-9-7-8-10-14(13)17(22)24;1-15(2,3)12(16)9-17-13(18)8-10-6-4-5-7-11(10)14(17)19;/h7-10,15H,11-12H2,1-6H3,(H,21,25);4-7,12H,8-9,16H2,1-3H3;1H/t15-;12-;/m11./s1. The first kappa shape index (κ1) is 38.4. The Kier molecular flexibility index (Phi) is 12.3. The van der Waals surface area contributed by atoms with Gasteiger partial charge in [-0.05, 0) is 54.9 Å². The highest BCUT2D eigenvalue weighted by Crippen LogP contribution is 2.26. The molecule has 0 saturated carbocycles. The van der Waals surface area contributed by atoms with E-state index in [2.05, 4.69) is 5.32 Å². The van der Waals surface area contributed by atoms with Crippen molar-refractivity contribution in [1.29, 1.82) is 0 Å². The van der Waals surface area contributed by atoms with Gasteiger partial charge in [-0.1, -0.05) is 77.9 Å². The molecule has 2 heterocycles. The maximum Gasteiger partial charge on any atom is 0.407 e. The lowest BCUT2D eigenvalue weighted by molar-refractivity contribution is -0.129. The number of ether oxygens (including phenoxy) is 1. The number of benzene rings is 2. The highest BCUT2D eigenvalue weighted by atomic mass is 35.5. The van der Waals surface area contributed by atoms with E-state index in [1.54, 1.807) is 45.0 Å². The zero-order chi connectivity index (χ0) is 33.9. The molecule has 2 atom stereocenters. The summed E-state index contributed by atoms with van der Waals surface area (Å²) in [6.07, 6.45) is -0.0981. The third-order valence-electron chi connectivity index (χ3n) is 7.86. The van der Waals surface area contributed by atoms with Crippen molar-refractivity contribution in [2.75, 3.05) is 13.1 Å². The van der Waals surface area contributed by atoms with Crippen molar-refractivity contribution >= 4 is 42.1 Å². The molecule has 2 aliphatic rings. The van der Waals surface area contributed by atoms with Crippen LogP contribution in [0.25, 0.3) is 0 Å². The van der Waals surface area contributed by atoms with Crippen LogP contribution in [-0.2, 0) is 27.2 Å². The van der Waals surface area contributed by atoms with E-state index in [1.165, 1.54) is 9.80 Å². The molecule has 5 amide bonds. The van der Waals surface area contributed by atoms with Crippen LogP contribution in [0.1, 0.15) is 94.2 Å². The second-order valence-electron chi connectivity index (χ2n) is 14.8. The summed E-state index contributed by atoms with van der Waals surface area (Å²) in [6.45, 7) is 17.6. The van der Waals surface area contributed by atoms with Gasteiger partial charge in [-0.15, -0.1) is 12.4 Å². The highest BCUT2D eigenvalue weighted by molar-refractivity contribution is 6.10. The zero-order valence-electron chi connectivity index (χ0n) is 28.4. The SMILES string of the molecule is CC(C)(C)OC(=O)N[C@H](CN1C(=O)Cc2ccccc2C1=O)C(C)(C)C.CC(C)(C)[C@H](N)CN1C(=O)Cc2ccccc2C1=O.Cl. The largest absolute Gasteiger partial charge is 0.444 e. The van der Waals surface area contributed by atoms with Crippen molar-refractivity contribution in [2.24, 2.45) is 16.6 Å². The molecule has 0 fully saturated rings. The van der Waals surface area contributed by atoms with Crippen molar-refractivity contribution in [3.8, 4) is 0 Å². The van der Waals surface area contributed by atoms with Gasteiger partial charge in [0.05, 0.1) is 18.9 Å². The number of fused-ring (bicyclic) bond motifs is 2. The van der Waals surface area contributed by atoms with Crippen LogP contribution in [-0.4, -0.2) is 70.3 Å². The summed E-state index contributed by atoms with van der Waals surface area (Å²) in [4.78, 5) is 64.4. The Morgan fingerprint density at radius 2 is 1.15 bits per heavy atom. The van der Waals surface area contributed by atoms with Crippen LogP contribution in [0.3, 0.4) is 0 Å². The minimum Gasteiger partial charge on any atom is -0.444 e. The number of rotatable bonds is 5. The van der Waals surface area contributed by atoms with E-state index in [9.17, 15) is 24.0 Å². The van der Waals surface area contributed by atoms with E-state index in [-0.39, 0.29) is 78.8 Å². The second kappa shape index (κ2) is 14.8. The molecule has 10 nitrogen and oxygen atoms in total. The summed E-state index contributed by atoms with van der Waals surface area (Å²) in [5.74, 6) is -0.971. The predicted octanol–water partition coefficient (Wildman–Crippen LogP) is 5.16. The third-order valence-corrected chi connectivity index (χ3v) is 7.86. The van der Waals surface area contributed by atoms with Crippen LogP contribution in [0.15, 0.2) is 48.5 Å². The summed E-state index contributed by atoms with van der Waals surface area (Å²) in [6, 6.07) is 13.7. The van der Waals surface area contributed by atoms with Crippen molar-refractivity contribution in [3.05, 3.63) is 70.8 Å². The fraction of sp³-hybridized carbons (Fsp3) is 0.514. The topological polar surface area (TPSA) is 139 Å². The number of nitrogens with one attached hydrogen (secondary N) is 1. The zero-order valence-corrected chi connectivity index (χ0v) is 29.2. The van der Waals surface area contributed by atoms with Gasteiger partial charge in [0.15, 0.2) is 0 Å². The number of nitrogens with zero attached hydrogens (tertiary/aromatic N) is 2. The molecule has 3 N–H and O–H groups in total. The Balaban J connectivity index is 0.000000328. The molecule has 0 aromatic heterocycles. The lowest BCUT2D eigenvalue weighted by Gasteiger charge is -2.37. The fourth-order valence-corrected chi connectivity index (χ4v) is 4.81. The number of hydrogen-bond donors (Lipinski definition) is 2. The number of imide groups is 2. The van der Waals surface area contributed by atoms with Gasteiger partial charge in [0.25, 0.3) is 11.8 Å². The van der Waals surface area contributed by atoms with Crippen LogP contribution in [0, 0.1) is 10.8 Å². The minimum atomic E-state index is -0.623. The van der Waals surface area contributed by atoms with Crippen LogP contribution in [0.4, 0.5) is 4.79 Å². The van der Waals surface area contributed by atoms with Crippen LogP contribution < -0.4 is 11.1 Å². The summed E-state index contributed by atoms with van der Waals surface area (Å²) in [5, 5.41) is 2.82. The molecule has 0 spiro atoms. The monoisotopic (exact) mass is 656 g/mol. The van der Waals surface area contributed by atoms with E-state index in [4.69, 9.17) is 10.5 Å². The third kappa shape index (κ3) is 9.87. The lowest BCUT2D eigenvalue weighted by Crippen LogP contribution is -2.55. The Morgan fingerprint density at radius 3 is 1.54 bits per heavy atom. The molecule has 252 valence electrons. The molecule has 4 rings (SSSR count). The molecular weight excluding hydrogens is 608 g/mol. The average molecular weight is 657 g/mol. The molecule has 2 aromatic rings. The summed E-state index contributed by atoms with van der Waals surface area (Å²) in [7, 11) is 0. The Bertz CT molecular complexity index is 1450. The molecule has 0 saturated heterocycles. The molecule has 46 heavy (non-hydrogen) atoms. The maximum absolute atomic E-state index is 12.8. The maximum atomic E-state index is 12.8. The molecule has 0 radical (unpaired) electrons. The average Bonchev–Trinajstić information content (AvgIpc) is 2.90. The van der Waals surface area contributed by atoms with Gasteiger partial charge >= 0.3 is 6.09 Å². The van der Waals surface area contributed by atoms with Crippen molar-refractivity contribution < 1.29 is 28.7 Å². The minimum absolute atomic E-state index is 0. The van der Waals surface area contributed by atoms with Gasteiger partial charge < -0.3 is 15.8 Å². The number of alkyl carbamates (subject to hydrolysis) is 1. The molecule has 2 aromatic carbocycles. The van der Waals surface area contributed by atoms with Gasteiger partial charge in [-0.2, -0.15) is 0 Å². The molecule has 0 bridgehead atoms. The molecule has 0 aliphatic carbocycles. The van der Waals surface area contributed by atoms with Crippen LogP contribution in [0.5, 0.6) is 0 Å². The van der Waals surface area contributed by atoms with Gasteiger partial charge in [0.2, 0.25) is 11.8 Å². The van der Waals surface area contributed by atoms with E-state index >= 15 is 0 Å². The number of carbonyl (C=O) groups excluding carboxylic acids is 5. The number of nitrogens with two attached hydrogens (primary N) is 1. The molecule has 0 unspecified atom stereocenters. The Labute approximate surface area is 278 Å². The summed E-state index contributed by atoms with van der Waals surface area (Å²) >= 11 is 0.